The van der Waals surface area contributed by atoms with Gasteiger partial charge in [0, 0.05) is 20.0 Å². The first-order valence-electron chi connectivity index (χ1n) is 12.5. The number of carbonyl (C=O) groups is 3. The van der Waals surface area contributed by atoms with E-state index in [1.54, 1.807) is 20.8 Å². The summed E-state index contributed by atoms with van der Waals surface area (Å²) in [4.78, 5) is 48.5. The molecular formula is C26H30FN7O8. The lowest BCUT2D eigenvalue weighted by atomic mass is 9.93. The quantitative estimate of drug-likeness (QED) is 0.224. The number of benzene rings is 1. The molecule has 0 fully saturated rings. The highest BCUT2D eigenvalue weighted by atomic mass is 19.1. The molecule has 0 saturated carbocycles. The van der Waals surface area contributed by atoms with E-state index in [4.69, 9.17) is 25.2 Å². The number of ether oxygens (including phenoxy) is 3. The summed E-state index contributed by atoms with van der Waals surface area (Å²) in [5.74, 6) is -3.98. The maximum absolute atomic E-state index is 15.6. The van der Waals surface area contributed by atoms with Crippen LogP contribution in [0.4, 0.5) is 21.0 Å². The highest BCUT2D eigenvalue weighted by molar-refractivity contribution is 6.02. The molecule has 0 saturated heterocycles. The highest BCUT2D eigenvalue weighted by Gasteiger charge is 2.49. The largest absolute Gasteiger partial charge is 0.479 e. The summed E-state index contributed by atoms with van der Waals surface area (Å²) >= 11 is 0. The van der Waals surface area contributed by atoms with Gasteiger partial charge >= 0.3 is 18.0 Å². The first kappa shape index (κ1) is 31.6. The predicted molar refractivity (Wildman–Crippen MR) is 144 cm³/mol. The van der Waals surface area contributed by atoms with Crippen molar-refractivity contribution in [3.8, 4) is 6.07 Å². The van der Waals surface area contributed by atoms with Gasteiger partial charge in [-0.15, -0.1) is 0 Å². The summed E-state index contributed by atoms with van der Waals surface area (Å²) in [5.41, 5.74) is 2.59. The van der Waals surface area contributed by atoms with Gasteiger partial charge in [0.05, 0.1) is 30.7 Å². The van der Waals surface area contributed by atoms with Crippen molar-refractivity contribution in [2.24, 2.45) is 0 Å². The molecular weight excluding hydrogens is 557 g/mol. The second-order valence-corrected chi connectivity index (χ2v) is 10.1. The molecule has 0 aliphatic rings. The number of anilines is 2. The van der Waals surface area contributed by atoms with Crippen LogP contribution in [0.1, 0.15) is 44.6 Å². The van der Waals surface area contributed by atoms with E-state index in [1.165, 1.54) is 31.4 Å². The van der Waals surface area contributed by atoms with Crippen LogP contribution in [0, 0.1) is 11.3 Å². The van der Waals surface area contributed by atoms with E-state index in [0.29, 0.717) is 0 Å². The number of nitrogen functional groups attached to an aromatic ring is 1. The Morgan fingerprint density at radius 2 is 1.90 bits per heavy atom. The molecule has 0 aliphatic carbocycles. The lowest BCUT2D eigenvalue weighted by Gasteiger charge is -2.28. The van der Waals surface area contributed by atoms with Crippen molar-refractivity contribution in [1.29, 1.82) is 5.26 Å². The van der Waals surface area contributed by atoms with Crippen LogP contribution in [0.25, 0.3) is 11.2 Å². The van der Waals surface area contributed by atoms with Gasteiger partial charge in [0.1, 0.15) is 5.60 Å². The number of amides is 1. The van der Waals surface area contributed by atoms with Crippen LogP contribution >= 0.6 is 0 Å². The van der Waals surface area contributed by atoms with Crippen LogP contribution in [-0.4, -0.2) is 78.8 Å². The van der Waals surface area contributed by atoms with E-state index in [2.05, 4.69) is 20.3 Å². The second-order valence-electron chi connectivity index (χ2n) is 10.1. The number of aliphatic carboxylic acids is 2. The lowest BCUT2D eigenvalue weighted by molar-refractivity contribution is -0.188. The number of halogens is 1. The first-order valence-corrected chi connectivity index (χ1v) is 12.5. The number of carbonyl (C=O) groups excluding carboxylic acids is 1. The molecule has 3 aromatic rings. The number of rotatable bonds is 12. The molecule has 5 N–H and O–H groups in total. The standard InChI is InChI=1S/C26H30FN7O8/c1-25(2,3)42-24(39)32-19-18-20(33-23(29)31-19)34(13-30-18)17(27)9-16(40-4)12-41-26(21(35)36,22(37)38)10-14-6-5-7-15(8-14)11-28/h5-8,13,16-17H,9-10,12H2,1-4H3,(H,35,36)(H,37,38)(H3,29,31,32,33,39). The monoisotopic (exact) mass is 587 g/mol. The number of nitrogens with zero attached hydrogens (tertiary/aromatic N) is 5. The lowest BCUT2D eigenvalue weighted by Crippen LogP contribution is -2.52. The third kappa shape index (κ3) is 7.44. The molecule has 0 aliphatic heterocycles. The third-order valence-corrected chi connectivity index (χ3v) is 5.87. The number of fused-ring (bicyclic) bond motifs is 1. The molecule has 15 nitrogen and oxygen atoms in total. The number of nitrogens with one attached hydrogen (secondary N) is 1. The predicted octanol–water partition coefficient (Wildman–Crippen LogP) is 2.67. The van der Waals surface area contributed by atoms with Crippen LogP contribution < -0.4 is 11.1 Å². The third-order valence-electron chi connectivity index (χ3n) is 5.87. The van der Waals surface area contributed by atoms with Gasteiger partial charge in [0.2, 0.25) is 5.95 Å². The van der Waals surface area contributed by atoms with Gasteiger partial charge in [-0.3, -0.25) is 9.88 Å². The van der Waals surface area contributed by atoms with Crippen molar-refractivity contribution < 1.29 is 43.2 Å². The highest BCUT2D eigenvalue weighted by Crippen LogP contribution is 2.28. The van der Waals surface area contributed by atoms with Gasteiger partial charge in [-0.25, -0.2) is 23.8 Å². The zero-order chi connectivity index (χ0) is 31.2. The fourth-order valence-electron chi connectivity index (χ4n) is 3.88. The fraction of sp³-hybridized carbons (Fsp3) is 0.423. The summed E-state index contributed by atoms with van der Waals surface area (Å²) < 4.78 is 32.4. The molecule has 3 rings (SSSR count). The second kappa shape index (κ2) is 12.7. The number of nitrogens with two attached hydrogens (primary N) is 1. The Morgan fingerprint density at radius 3 is 2.50 bits per heavy atom. The molecule has 2 heterocycles. The molecule has 2 aromatic heterocycles. The molecule has 1 amide bonds. The smallest absolute Gasteiger partial charge is 0.413 e. The Kier molecular flexibility index (Phi) is 9.60. The zero-order valence-electron chi connectivity index (χ0n) is 23.2. The van der Waals surface area contributed by atoms with Crippen LogP contribution in [0.3, 0.4) is 0 Å². The number of hydrogen-bond donors (Lipinski definition) is 4. The van der Waals surface area contributed by atoms with E-state index < -0.39 is 61.1 Å². The van der Waals surface area contributed by atoms with E-state index in [0.717, 1.165) is 10.9 Å². The minimum atomic E-state index is -2.75. The van der Waals surface area contributed by atoms with Crippen molar-refractivity contribution in [3.05, 3.63) is 41.7 Å². The Balaban J connectivity index is 1.81. The van der Waals surface area contributed by atoms with Gasteiger partial charge in [-0.1, -0.05) is 12.1 Å². The molecule has 0 spiro atoms. The maximum atomic E-state index is 15.6. The minimum absolute atomic E-state index is 0.0123. The normalized spacial score (nSPS) is 13.2. The average molecular weight is 588 g/mol. The van der Waals surface area contributed by atoms with Gasteiger partial charge in [-0.2, -0.15) is 15.2 Å². The number of carboxylic acids is 2. The number of aromatic nitrogens is 4. The molecule has 42 heavy (non-hydrogen) atoms. The zero-order valence-corrected chi connectivity index (χ0v) is 23.2. The van der Waals surface area contributed by atoms with Crippen molar-refractivity contribution in [3.63, 3.8) is 0 Å². The maximum Gasteiger partial charge on any atom is 0.413 e. The average Bonchev–Trinajstić information content (AvgIpc) is 3.32. The van der Waals surface area contributed by atoms with Crippen molar-refractivity contribution in [2.75, 3.05) is 24.8 Å². The summed E-state index contributed by atoms with van der Waals surface area (Å²) in [6, 6.07) is 7.66. The summed E-state index contributed by atoms with van der Waals surface area (Å²) in [7, 11) is 1.22. The van der Waals surface area contributed by atoms with Gasteiger partial charge in [0.25, 0.3) is 5.60 Å². The van der Waals surface area contributed by atoms with Crippen molar-refractivity contribution in [1.82, 2.24) is 19.5 Å². The number of hydrogen-bond acceptors (Lipinski definition) is 11. The van der Waals surface area contributed by atoms with Gasteiger partial charge in [0.15, 0.2) is 23.3 Å². The molecule has 224 valence electrons. The Hall–Kier alpha value is -4.88. The Bertz CT molecular complexity index is 1500. The van der Waals surface area contributed by atoms with Crippen LogP contribution in [0.2, 0.25) is 0 Å². The van der Waals surface area contributed by atoms with E-state index in [-0.39, 0.29) is 34.1 Å². The number of imidazole rings is 1. The van der Waals surface area contributed by atoms with E-state index in [9.17, 15) is 24.6 Å². The SMILES string of the molecule is COC(COC(Cc1cccc(C#N)c1)(C(=O)O)C(=O)O)CC(F)n1cnc2c(NC(=O)OC(C)(C)C)nc(N)nc21. The molecule has 0 bridgehead atoms. The minimum Gasteiger partial charge on any atom is -0.479 e. The van der Waals surface area contributed by atoms with Gasteiger partial charge < -0.3 is 30.2 Å². The van der Waals surface area contributed by atoms with Crippen LogP contribution in [-0.2, 0) is 30.2 Å². The molecule has 1 aromatic carbocycles. The van der Waals surface area contributed by atoms with Gasteiger partial charge in [-0.05, 0) is 38.5 Å². The number of carboxylic acid groups (broad SMARTS) is 2. The number of nitriles is 1. The van der Waals surface area contributed by atoms with Crippen molar-refractivity contribution >= 4 is 41.0 Å². The Labute approximate surface area is 239 Å². The topological polar surface area (TPSA) is 225 Å². The van der Waals surface area contributed by atoms with E-state index >= 15 is 4.39 Å². The Morgan fingerprint density at radius 1 is 1.21 bits per heavy atom. The molecule has 2 atom stereocenters. The van der Waals surface area contributed by atoms with Crippen molar-refractivity contribution in [2.45, 2.75) is 57.2 Å². The summed E-state index contributed by atoms with van der Waals surface area (Å²) in [5, 5.41) is 31.2. The van der Waals surface area contributed by atoms with Crippen LogP contribution in [0.15, 0.2) is 30.6 Å². The fourth-order valence-corrected chi connectivity index (χ4v) is 3.88. The molecule has 0 radical (unpaired) electrons. The number of methoxy groups -OCH3 is 1. The summed E-state index contributed by atoms with van der Waals surface area (Å²) in [6.45, 7) is 4.37. The molecule has 16 heteroatoms. The molecule has 2 unspecified atom stereocenters. The van der Waals surface area contributed by atoms with Crippen LogP contribution in [0.5, 0.6) is 0 Å². The first-order chi connectivity index (χ1) is 19.7. The van der Waals surface area contributed by atoms with E-state index in [1.807, 2.05) is 6.07 Å². The summed E-state index contributed by atoms with van der Waals surface area (Å²) in [6.07, 6.45) is -3.82. The number of alkyl halides is 1.